The van der Waals surface area contributed by atoms with Gasteiger partial charge in [-0.1, -0.05) is 18.1 Å². The van der Waals surface area contributed by atoms with Crippen molar-refractivity contribution in [3.8, 4) is 0 Å². The SMILES string of the molecule is CCOC1(C(=O)O)CCCCC1(C=C(C)C)C(=O)O. The zero-order valence-corrected chi connectivity index (χ0v) is 11.7. The van der Waals surface area contributed by atoms with Gasteiger partial charge in [0.15, 0.2) is 5.60 Å². The van der Waals surface area contributed by atoms with Gasteiger partial charge in [0.25, 0.3) is 0 Å². The summed E-state index contributed by atoms with van der Waals surface area (Å²) in [6, 6.07) is 0. The maximum absolute atomic E-state index is 11.8. The molecule has 0 spiro atoms. The van der Waals surface area contributed by atoms with E-state index in [0.717, 1.165) is 5.57 Å². The smallest absolute Gasteiger partial charge is 0.337 e. The van der Waals surface area contributed by atoms with Crippen molar-refractivity contribution in [2.45, 2.75) is 52.1 Å². The van der Waals surface area contributed by atoms with Crippen molar-refractivity contribution in [2.24, 2.45) is 5.41 Å². The van der Waals surface area contributed by atoms with Crippen LogP contribution in [0.15, 0.2) is 11.6 Å². The van der Waals surface area contributed by atoms with E-state index < -0.39 is 23.0 Å². The fraction of sp³-hybridized carbons (Fsp3) is 0.714. The molecule has 0 aromatic carbocycles. The molecule has 5 heteroatoms. The molecule has 0 radical (unpaired) electrons. The second-order valence-corrected chi connectivity index (χ2v) is 5.27. The lowest BCUT2D eigenvalue weighted by molar-refractivity contribution is -0.200. The van der Waals surface area contributed by atoms with Crippen LogP contribution in [-0.2, 0) is 14.3 Å². The first-order valence-electron chi connectivity index (χ1n) is 6.59. The summed E-state index contributed by atoms with van der Waals surface area (Å²) in [4.78, 5) is 23.6. The maximum Gasteiger partial charge on any atom is 0.337 e. The van der Waals surface area contributed by atoms with Crippen LogP contribution in [0.3, 0.4) is 0 Å². The number of aliphatic carboxylic acids is 2. The van der Waals surface area contributed by atoms with Crippen LogP contribution in [0, 0.1) is 5.41 Å². The lowest BCUT2D eigenvalue weighted by Gasteiger charge is -2.46. The number of rotatable bonds is 5. The third kappa shape index (κ3) is 2.52. The van der Waals surface area contributed by atoms with E-state index in [1.54, 1.807) is 26.8 Å². The fourth-order valence-corrected chi connectivity index (χ4v) is 3.03. The summed E-state index contributed by atoms with van der Waals surface area (Å²) in [6.07, 6.45) is 3.43. The third-order valence-corrected chi connectivity index (χ3v) is 3.72. The Hall–Kier alpha value is -1.36. The number of allylic oxidation sites excluding steroid dienone is 1. The normalized spacial score (nSPS) is 30.7. The molecule has 1 rings (SSSR count). The van der Waals surface area contributed by atoms with Crippen LogP contribution in [0.1, 0.15) is 46.5 Å². The standard InChI is InChI=1S/C14H22O5/c1-4-19-14(12(17)18)8-6-5-7-13(14,11(15)16)9-10(2)3/h9H,4-8H2,1-3H3,(H,15,16)(H,17,18). The highest BCUT2D eigenvalue weighted by molar-refractivity contribution is 5.91. The van der Waals surface area contributed by atoms with Crippen molar-refractivity contribution >= 4 is 11.9 Å². The summed E-state index contributed by atoms with van der Waals surface area (Å²) in [5.74, 6) is -2.31. The molecule has 1 aliphatic rings. The molecule has 0 aromatic rings. The van der Waals surface area contributed by atoms with Crippen molar-refractivity contribution < 1.29 is 24.5 Å². The Balaban J connectivity index is 3.47. The highest BCUT2D eigenvalue weighted by Gasteiger charge is 2.62. The summed E-state index contributed by atoms with van der Waals surface area (Å²) < 4.78 is 5.49. The van der Waals surface area contributed by atoms with Crippen molar-refractivity contribution in [2.75, 3.05) is 6.61 Å². The van der Waals surface area contributed by atoms with Gasteiger partial charge in [0.2, 0.25) is 0 Å². The molecule has 2 unspecified atom stereocenters. The van der Waals surface area contributed by atoms with Gasteiger partial charge < -0.3 is 14.9 Å². The van der Waals surface area contributed by atoms with Crippen LogP contribution in [0.4, 0.5) is 0 Å². The minimum Gasteiger partial charge on any atom is -0.480 e. The predicted molar refractivity (Wildman–Crippen MR) is 70.0 cm³/mol. The van der Waals surface area contributed by atoms with Gasteiger partial charge in [-0.25, -0.2) is 4.79 Å². The summed E-state index contributed by atoms with van der Waals surface area (Å²) >= 11 is 0. The molecule has 0 heterocycles. The van der Waals surface area contributed by atoms with Gasteiger partial charge >= 0.3 is 11.9 Å². The molecular formula is C14H22O5. The van der Waals surface area contributed by atoms with E-state index in [-0.39, 0.29) is 13.0 Å². The minimum atomic E-state index is -1.66. The molecule has 0 aromatic heterocycles. The van der Waals surface area contributed by atoms with Gasteiger partial charge in [0.05, 0.1) is 0 Å². The Morgan fingerprint density at radius 1 is 1.16 bits per heavy atom. The van der Waals surface area contributed by atoms with Gasteiger partial charge in [-0.15, -0.1) is 0 Å². The number of hydrogen-bond donors (Lipinski definition) is 2. The van der Waals surface area contributed by atoms with E-state index >= 15 is 0 Å². The monoisotopic (exact) mass is 270 g/mol. The number of ether oxygens (including phenoxy) is 1. The number of carboxylic acids is 2. The van der Waals surface area contributed by atoms with Crippen molar-refractivity contribution in [1.82, 2.24) is 0 Å². The molecule has 1 saturated carbocycles. The predicted octanol–water partition coefficient (Wildman–Crippen LogP) is 2.46. The van der Waals surface area contributed by atoms with Crippen LogP contribution in [-0.4, -0.2) is 34.4 Å². The van der Waals surface area contributed by atoms with Crippen molar-refractivity contribution in [3.63, 3.8) is 0 Å². The van der Waals surface area contributed by atoms with E-state index in [4.69, 9.17) is 4.74 Å². The summed E-state index contributed by atoms with van der Waals surface area (Å²) in [7, 11) is 0. The second-order valence-electron chi connectivity index (χ2n) is 5.27. The van der Waals surface area contributed by atoms with Gasteiger partial charge in [0.1, 0.15) is 5.41 Å². The largest absolute Gasteiger partial charge is 0.480 e. The molecule has 1 aliphatic carbocycles. The van der Waals surface area contributed by atoms with Gasteiger partial charge in [-0.3, -0.25) is 4.79 Å². The van der Waals surface area contributed by atoms with E-state index in [2.05, 4.69) is 0 Å². The quantitative estimate of drug-likeness (QED) is 0.750. The Bertz CT molecular complexity index is 393. The molecule has 19 heavy (non-hydrogen) atoms. The van der Waals surface area contributed by atoms with Gasteiger partial charge in [-0.05, 0) is 40.0 Å². The zero-order chi connectivity index (χ0) is 14.7. The molecule has 1 fully saturated rings. The molecular weight excluding hydrogens is 248 g/mol. The molecule has 0 amide bonds. The summed E-state index contributed by atoms with van der Waals surface area (Å²) in [5.41, 5.74) is -2.36. The average Bonchev–Trinajstić information content (AvgIpc) is 2.30. The molecule has 0 saturated heterocycles. The molecule has 2 atom stereocenters. The third-order valence-electron chi connectivity index (χ3n) is 3.72. The highest BCUT2D eigenvalue weighted by Crippen LogP contribution is 2.49. The number of carbonyl (C=O) groups is 2. The van der Waals surface area contributed by atoms with Gasteiger partial charge in [0, 0.05) is 6.61 Å². The van der Waals surface area contributed by atoms with Crippen molar-refractivity contribution in [1.29, 1.82) is 0 Å². The highest BCUT2D eigenvalue weighted by atomic mass is 16.5. The first-order chi connectivity index (χ1) is 8.82. The molecule has 108 valence electrons. The fourth-order valence-electron chi connectivity index (χ4n) is 3.03. The average molecular weight is 270 g/mol. The lowest BCUT2D eigenvalue weighted by Crippen LogP contribution is -2.60. The Kier molecular flexibility index (Phi) is 4.74. The van der Waals surface area contributed by atoms with Crippen LogP contribution in [0.5, 0.6) is 0 Å². The van der Waals surface area contributed by atoms with Crippen LogP contribution in [0.2, 0.25) is 0 Å². The van der Waals surface area contributed by atoms with Crippen molar-refractivity contribution in [3.05, 3.63) is 11.6 Å². The van der Waals surface area contributed by atoms with E-state index in [9.17, 15) is 19.8 Å². The molecule has 5 nitrogen and oxygen atoms in total. The second kappa shape index (κ2) is 5.74. The maximum atomic E-state index is 11.8. The zero-order valence-electron chi connectivity index (χ0n) is 11.7. The topological polar surface area (TPSA) is 83.8 Å². The summed E-state index contributed by atoms with van der Waals surface area (Å²) in [6.45, 7) is 5.42. The van der Waals surface area contributed by atoms with Gasteiger partial charge in [-0.2, -0.15) is 0 Å². The van der Waals surface area contributed by atoms with E-state index in [0.29, 0.717) is 19.3 Å². The number of carboxylic acid groups (broad SMARTS) is 2. The molecule has 0 bridgehead atoms. The Morgan fingerprint density at radius 3 is 2.16 bits per heavy atom. The van der Waals surface area contributed by atoms with Crippen LogP contribution in [0.25, 0.3) is 0 Å². The minimum absolute atomic E-state index is 0.179. The molecule has 2 N–H and O–H groups in total. The Morgan fingerprint density at radius 2 is 1.74 bits per heavy atom. The first kappa shape index (κ1) is 15.7. The summed E-state index contributed by atoms with van der Waals surface area (Å²) in [5, 5.41) is 19.3. The lowest BCUT2D eigenvalue weighted by atomic mass is 9.62. The van der Waals surface area contributed by atoms with E-state index in [1.165, 1.54) is 0 Å². The molecule has 0 aliphatic heterocycles. The van der Waals surface area contributed by atoms with E-state index in [1.807, 2.05) is 0 Å². The first-order valence-corrected chi connectivity index (χ1v) is 6.59. The van der Waals surface area contributed by atoms with Crippen LogP contribution < -0.4 is 0 Å². The Labute approximate surface area is 113 Å². The van der Waals surface area contributed by atoms with Crippen LogP contribution >= 0.6 is 0 Å². The number of hydrogen-bond acceptors (Lipinski definition) is 3.